The van der Waals surface area contributed by atoms with E-state index in [2.05, 4.69) is 82.1 Å². The van der Waals surface area contributed by atoms with Crippen molar-refractivity contribution in [2.24, 2.45) is 0 Å². The SMILES string of the molecule is Cc1cccc2c1c1cc(-c3ncccn3)ccc1n2-c1ccccc1. The minimum Gasteiger partial charge on any atom is -0.309 e. The Balaban J connectivity index is 1.89. The molecule has 26 heavy (non-hydrogen) atoms. The highest BCUT2D eigenvalue weighted by atomic mass is 15.0. The lowest BCUT2D eigenvalue weighted by molar-refractivity contribution is 1.17. The summed E-state index contributed by atoms with van der Waals surface area (Å²) in [5, 5.41) is 2.51. The van der Waals surface area contributed by atoms with E-state index < -0.39 is 0 Å². The molecule has 3 aromatic carbocycles. The van der Waals surface area contributed by atoms with Crippen LogP contribution >= 0.6 is 0 Å². The third-order valence-electron chi connectivity index (χ3n) is 4.84. The topological polar surface area (TPSA) is 30.7 Å². The summed E-state index contributed by atoms with van der Waals surface area (Å²) in [6.07, 6.45) is 3.57. The van der Waals surface area contributed by atoms with Crippen molar-refractivity contribution in [1.82, 2.24) is 14.5 Å². The van der Waals surface area contributed by atoms with Crippen LogP contribution in [0.25, 0.3) is 38.9 Å². The van der Waals surface area contributed by atoms with Gasteiger partial charge in [-0.05, 0) is 55.0 Å². The minimum atomic E-state index is 0.753. The van der Waals surface area contributed by atoms with Crippen molar-refractivity contribution in [3.63, 3.8) is 0 Å². The number of fused-ring (bicyclic) bond motifs is 3. The first-order valence-electron chi connectivity index (χ1n) is 8.69. The summed E-state index contributed by atoms with van der Waals surface area (Å²) in [7, 11) is 0. The maximum absolute atomic E-state index is 4.41. The van der Waals surface area contributed by atoms with E-state index in [1.807, 2.05) is 12.1 Å². The Hall–Kier alpha value is -3.46. The van der Waals surface area contributed by atoms with Gasteiger partial charge in [0, 0.05) is 34.4 Å². The average Bonchev–Trinajstić information content (AvgIpc) is 3.04. The van der Waals surface area contributed by atoms with Crippen LogP contribution < -0.4 is 0 Å². The predicted octanol–water partition coefficient (Wildman–Crippen LogP) is 5.55. The molecule has 0 amide bonds. The van der Waals surface area contributed by atoms with Crippen molar-refractivity contribution in [2.75, 3.05) is 0 Å². The van der Waals surface area contributed by atoms with Gasteiger partial charge in [-0.15, -0.1) is 0 Å². The molecule has 5 rings (SSSR count). The third kappa shape index (κ3) is 2.21. The Labute approximate surface area is 151 Å². The van der Waals surface area contributed by atoms with E-state index in [0.29, 0.717) is 0 Å². The van der Waals surface area contributed by atoms with Crippen LogP contribution in [0.15, 0.2) is 85.2 Å². The first-order chi connectivity index (χ1) is 12.8. The second-order valence-corrected chi connectivity index (χ2v) is 6.44. The van der Waals surface area contributed by atoms with Crippen LogP contribution in [0.2, 0.25) is 0 Å². The molecule has 3 heteroatoms. The highest BCUT2D eigenvalue weighted by Gasteiger charge is 2.14. The second-order valence-electron chi connectivity index (χ2n) is 6.44. The summed E-state index contributed by atoms with van der Waals surface area (Å²) in [4.78, 5) is 8.81. The maximum atomic E-state index is 4.41. The van der Waals surface area contributed by atoms with Gasteiger partial charge in [0.05, 0.1) is 11.0 Å². The number of hydrogen-bond donors (Lipinski definition) is 0. The molecule has 2 heterocycles. The van der Waals surface area contributed by atoms with Gasteiger partial charge in [-0.1, -0.05) is 30.3 Å². The van der Waals surface area contributed by atoms with Crippen LogP contribution in [-0.4, -0.2) is 14.5 Å². The van der Waals surface area contributed by atoms with Crippen molar-refractivity contribution in [1.29, 1.82) is 0 Å². The summed E-state index contributed by atoms with van der Waals surface area (Å²) < 4.78 is 2.33. The summed E-state index contributed by atoms with van der Waals surface area (Å²) in [6.45, 7) is 2.17. The fourth-order valence-electron chi connectivity index (χ4n) is 3.69. The van der Waals surface area contributed by atoms with Crippen LogP contribution in [0.1, 0.15) is 5.56 Å². The molecular weight excluding hydrogens is 318 g/mol. The number of rotatable bonds is 2. The smallest absolute Gasteiger partial charge is 0.159 e. The van der Waals surface area contributed by atoms with Gasteiger partial charge in [0.2, 0.25) is 0 Å². The Morgan fingerprint density at radius 2 is 1.54 bits per heavy atom. The number of aromatic nitrogens is 3. The zero-order valence-corrected chi connectivity index (χ0v) is 14.4. The molecular formula is C23H17N3. The second kappa shape index (κ2) is 5.81. The van der Waals surface area contributed by atoms with Crippen LogP contribution in [0.3, 0.4) is 0 Å². The Morgan fingerprint density at radius 3 is 2.35 bits per heavy atom. The molecule has 0 saturated carbocycles. The van der Waals surface area contributed by atoms with Gasteiger partial charge in [0.25, 0.3) is 0 Å². The molecule has 0 aliphatic rings. The van der Waals surface area contributed by atoms with Gasteiger partial charge >= 0.3 is 0 Å². The van der Waals surface area contributed by atoms with E-state index in [0.717, 1.165) is 11.4 Å². The Morgan fingerprint density at radius 1 is 0.731 bits per heavy atom. The molecule has 2 aromatic heterocycles. The number of benzene rings is 3. The number of aryl methyl sites for hydroxylation is 1. The molecule has 0 radical (unpaired) electrons. The molecule has 0 aliphatic heterocycles. The van der Waals surface area contributed by atoms with Gasteiger partial charge in [0.15, 0.2) is 5.82 Å². The minimum absolute atomic E-state index is 0.753. The molecule has 5 aromatic rings. The molecule has 0 unspecified atom stereocenters. The molecule has 0 bridgehead atoms. The first kappa shape index (κ1) is 14.8. The third-order valence-corrected chi connectivity index (χ3v) is 4.84. The zero-order chi connectivity index (χ0) is 17.5. The fraction of sp³-hybridized carbons (Fsp3) is 0.0435. The highest BCUT2D eigenvalue weighted by Crippen LogP contribution is 2.35. The quantitative estimate of drug-likeness (QED) is 0.423. The number of para-hydroxylation sites is 1. The maximum Gasteiger partial charge on any atom is 0.159 e. The largest absolute Gasteiger partial charge is 0.309 e. The van der Waals surface area contributed by atoms with Crippen LogP contribution in [0.4, 0.5) is 0 Å². The van der Waals surface area contributed by atoms with Crippen molar-refractivity contribution in [3.05, 3.63) is 90.8 Å². The monoisotopic (exact) mass is 335 g/mol. The van der Waals surface area contributed by atoms with Crippen molar-refractivity contribution in [3.8, 4) is 17.1 Å². The van der Waals surface area contributed by atoms with Crippen LogP contribution in [0, 0.1) is 6.92 Å². The molecule has 0 saturated heterocycles. The summed E-state index contributed by atoms with van der Waals surface area (Å²) in [6, 6.07) is 25.3. The molecule has 0 fully saturated rings. The number of nitrogens with zero attached hydrogens (tertiary/aromatic N) is 3. The standard InChI is InChI=1S/C23H17N3/c1-16-7-5-10-21-22(16)19-15-17(23-24-13-6-14-25-23)11-12-20(19)26(21)18-8-3-2-4-9-18/h2-15H,1H3. The van der Waals surface area contributed by atoms with E-state index in [1.165, 1.54) is 33.1 Å². The van der Waals surface area contributed by atoms with Gasteiger partial charge < -0.3 is 4.57 Å². The Kier molecular flexibility index (Phi) is 3.32. The zero-order valence-electron chi connectivity index (χ0n) is 14.4. The van der Waals surface area contributed by atoms with Gasteiger partial charge in [-0.2, -0.15) is 0 Å². The predicted molar refractivity (Wildman–Crippen MR) is 107 cm³/mol. The molecule has 0 spiro atoms. The molecule has 3 nitrogen and oxygen atoms in total. The summed E-state index contributed by atoms with van der Waals surface area (Å²) in [5.74, 6) is 0.753. The van der Waals surface area contributed by atoms with E-state index in [4.69, 9.17) is 0 Å². The summed E-state index contributed by atoms with van der Waals surface area (Å²) >= 11 is 0. The van der Waals surface area contributed by atoms with Crippen molar-refractivity contribution < 1.29 is 0 Å². The molecule has 0 atom stereocenters. The van der Waals surface area contributed by atoms with Crippen molar-refractivity contribution >= 4 is 21.8 Å². The normalized spacial score (nSPS) is 11.3. The van der Waals surface area contributed by atoms with Gasteiger partial charge in [0.1, 0.15) is 0 Å². The average molecular weight is 335 g/mol. The lowest BCUT2D eigenvalue weighted by atomic mass is 10.1. The molecule has 0 N–H and O–H groups in total. The molecule has 124 valence electrons. The lowest BCUT2D eigenvalue weighted by Crippen LogP contribution is -1.93. The van der Waals surface area contributed by atoms with E-state index >= 15 is 0 Å². The van der Waals surface area contributed by atoms with E-state index in [1.54, 1.807) is 12.4 Å². The van der Waals surface area contributed by atoms with Crippen LogP contribution in [-0.2, 0) is 0 Å². The Bertz CT molecular complexity index is 1220. The van der Waals surface area contributed by atoms with Crippen LogP contribution in [0.5, 0.6) is 0 Å². The lowest BCUT2D eigenvalue weighted by Gasteiger charge is -2.07. The van der Waals surface area contributed by atoms with E-state index in [-0.39, 0.29) is 0 Å². The number of hydrogen-bond acceptors (Lipinski definition) is 2. The fourth-order valence-corrected chi connectivity index (χ4v) is 3.69. The summed E-state index contributed by atoms with van der Waals surface area (Å²) in [5.41, 5.74) is 5.89. The molecule has 0 aliphatic carbocycles. The van der Waals surface area contributed by atoms with Crippen molar-refractivity contribution in [2.45, 2.75) is 6.92 Å². The van der Waals surface area contributed by atoms with E-state index in [9.17, 15) is 0 Å². The van der Waals surface area contributed by atoms with Gasteiger partial charge in [-0.3, -0.25) is 0 Å². The first-order valence-corrected chi connectivity index (χ1v) is 8.69. The highest BCUT2D eigenvalue weighted by molar-refractivity contribution is 6.11. The van der Waals surface area contributed by atoms with Gasteiger partial charge in [-0.25, -0.2) is 9.97 Å².